The fraction of sp³-hybridized carbons (Fsp3) is 0.650. The highest BCUT2D eigenvalue weighted by atomic mass is 16.5. The second-order valence-electron chi connectivity index (χ2n) is 7.22. The van der Waals surface area contributed by atoms with Gasteiger partial charge in [-0.3, -0.25) is 4.79 Å². The van der Waals surface area contributed by atoms with Crippen LogP contribution in [-0.2, 0) is 11.2 Å². The predicted molar refractivity (Wildman–Crippen MR) is 96.1 cm³/mol. The molecule has 0 saturated carbocycles. The molecule has 1 atom stereocenters. The number of likely N-dealkylation sites (tertiary alicyclic amines) is 1. The van der Waals surface area contributed by atoms with E-state index in [2.05, 4.69) is 19.9 Å². The molecule has 1 unspecified atom stereocenters. The first kappa shape index (κ1) is 18.8. The zero-order chi connectivity index (χ0) is 17.6. The quantitative estimate of drug-likeness (QED) is 0.833. The van der Waals surface area contributed by atoms with E-state index in [9.17, 15) is 9.90 Å². The number of nitrogens with zero attached hydrogens (tertiary/aromatic N) is 1. The fourth-order valence-electron chi connectivity index (χ4n) is 3.60. The van der Waals surface area contributed by atoms with E-state index in [0.29, 0.717) is 6.42 Å². The molecular formula is C20H31NO3. The van der Waals surface area contributed by atoms with Crippen LogP contribution in [-0.4, -0.2) is 42.7 Å². The van der Waals surface area contributed by atoms with Gasteiger partial charge in [0.05, 0.1) is 7.11 Å². The van der Waals surface area contributed by atoms with Gasteiger partial charge in [-0.2, -0.15) is 0 Å². The molecular weight excluding hydrogens is 302 g/mol. The minimum atomic E-state index is 0.0276. The van der Waals surface area contributed by atoms with Crippen molar-refractivity contribution in [3.05, 3.63) is 29.8 Å². The Morgan fingerprint density at radius 2 is 2.00 bits per heavy atom. The number of hydrogen-bond acceptors (Lipinski definition) is 3. The molecule has 0 spiro atoms. The average molecular weight is 333 g/mol. The smallest absolute Gasteiger partial charge is 0.222 e. The van der Waals surface area contributed by atoms with Crippen molar-refractivity contribution in [2.45, 2.75) is 46.0 Å². The van der Waals surface area contributed by atoms with E-state index in [-0.39, 0.29) is 23.8 Å². The predicted octanol–water partition coefficient (Wildman–Crippen LogP) is 3.28. The molecule has 1 fully saturated rings. The van der Waals surface area contributed by atoms with Crippen molar-refractivity contribution in [1.29, 1.82) is 0 Å². The van der Waals surface area contributed by atoms with E-state index >= 15 is 0 Å². The minimum absolute atomic E-state index is 0.0276. The number of piperidine rings is 1. The lowest BCUT2D eigenvalue weighted by Gasteiger charge is -2.40. The largest absolute Gasteiger partial charge is 0.496 e. The van der Waals surface area contributed by atoms with Gasteiger partial charge in [-0.25, -0.2) is 0 Å². The van der Waals surface area contributed by atoms with Gasteiger partial charge in [0.15, 0.2) is 0 Å². The lowest BCUT2D eigenvalue weighted by molar-refractivity contribution is -0.135. The van der Waals surface area contributed by atoms with Crippen molar-refractivity contribution in [3.8, 4) is 5.75 Å². The van der Waals surface area contributed by atoms with Crippen molar-refractivity contribution >= 4 is 5.91 Å². The van der Waals surface area contributed by atoms with Crippen molar-refractivity contribution < 1.29 is 14.6 Å². The Morgan fingerprint density at radius 1 is 1.33 bits per heavy atom. The number of carbonyl (C=O) groups is 1. The van der Waals surface area contributed by atoms with Crippen LogP contribution < -0.4 is 4.74 Å². The average Bonchev–Trinajstić information content (AvgIpc) is 2.62. The van der Waals surface area contributed by atoms with E-state index in [1.165, 1.54) is 0 Å². The molecule has 24 heavy (non-hydrogen) atoms. The Balaban J connectivity index is 1.86. The van der Waals surface area contributed by atoms with Crippen molar-refractivity contribution in [1.82, 2.24) is 4.90 Å². The van der Waals surface area contributed by atoms with E-state index in [1.54, 1.807) is 7.11 Å². The van der Waals surface area contributed by atoms with Gasteiger partial charge in [-0.15, -0.1) is 0 Å². The Bertz CT molecular complexity index is 529. The molecule has 1 aliphatic heterocycles. The maximum Gasteiger partial charge on any atom is 0.222 e. The number of methoxy groups -OCH3 is 1. The second-order valence-corrected chi connectivity index (χ2v) is 7.22. The molecule has 1 aromatic rings. The highest BCUT2D eigenvalue weighted by Gasteiger charge is 2.34. The SMILES string of the molecule is CCC1(CO)CCN(C(=O)CC(C)Cc2ccccc2OC)CC1. The summed E-state index contributed by atoms with van der Waals surface area (Å²) in [5.74, 6) is 1.41. The Morgan fingerprint density at radius 3 is 2.58 bits per heavy atom. The molecule has 2 rings (SSSR count). The van der Waals surface area contributed by atoms with Crippen LogP contribution in [0.2, 0.25) is 0 Å². The van der Waals surface area contributed by atoms with Gasteiger partial charge in [0.2, 0.25) is 5.91 Å². The molecule has 0 radical (unpaired) electrons. The summed E-state index contributed by atoms with van der Waals surface area (Å²) in [4.78, 5) is 14.5. The third kappa shape index (κ3) is 4.50. The Kier molecular flexibility index (Phi) is 6.67. The zero-order valence-corrected chi connectivity index (χ0v) is 15.3. The van der Waals surface area contributed by atoms with Crippen LogP contribution in [0.15, 0.2) is 24.3 Å². The van der Waals surface area contributed by atoms with E-state index in [0.717, 1.165) is 50.1 Å². The zero-order valence-electron chi connectivity index (χ0n) is 15.3. The fourth-order valence-corrected chi connectivity index (χ4v) is 3.60. The van der Waals surface area contributed by atoms with Crippen LogP contribution in [0.25, 0.3) is 0 Å². The Labute approximate surface area is 145 Å². The monoisotopic (exact) mass is 333 g/mol. The molecule has 1 N–H and O–H groups in total. The third-order valence-electron chi connectivity index (χ3n) is 5.55. The number of aliphatic hydroxyl groups excluding tert-OH is 1. The van der Waals surface area contributed by atoms with Gasteiger partial charge < -0.3 is 14.7 Å². The lowest BCUT2D eigenvalue weighted by Crippen LogP contribution is -2.44. The highest BCUT2D eigenvalue weighted by Crippen LogP contribution is 2.34. The summed E-state index contributed by atoms with van der Waals surface area (Å²) in [5, 5.41) is 9.61. The number of ether oxygens (including phenoxy) is 1. The first-order valence-electron chi connectivity index (χ1n) is 9.04. The molecule has 0 aromatic heterocycles. The number of carbonyl (C=O) groups excluding carboxylic acids is 1. The molecule has 134 valence electrons. The van der Waals surface area contributed by atoms with Gasteiger partial charge in [-0.1, -0.05) is 32.0 Å². The molecule has 0 bridgehead atoms. The summed E-state index contributed by atoms with van der Waals surface area (Å²) in [6, 6.07) is 8.01. The summed E-state index contributed by atoms with van der Waals surface area (Å²) in [7, 11) is 1.68. The minimum Gasteiger partial charge on any atom is -0.496 e. The lowest BCUT2D eigenvalue weighted by atomic mass is 9.77. The van der Waals surface area contributed by atoms with Gasteiger partial charge in [0, 0.05) is 26.1 Å². The standard InChI is InChI=1S/C20H31NO3/c1-4-20(15-22)9-11-21(12-10-20)19(23)14-16(2)13-17-7-5-6-8-18(17)24-3/h5-8,16,22H,4,9-15H2,1-3H3. The number of aliphatic hydroxyl groups is 1. The number of rotatable bonds is 7. The maximum atomic E-state index is 12.6. The van der Waals surface area contributed by atoms with Crippen LogP contribution in [0, 0.1) is 11.3 Å². The molecule has 1 aromatic carbocycles. The van der Waals surface area contributed by atoms with Crippen LogP contribution in [0.1, 0.15) is 45.1 Å². The molecule has 4 heteroatoms. The van der Waals surface area contributed by atoms with Crippen LogP contribution >= 0.6 is 0 Å². The van der Waals surface area contributed by atoms with E-state index in [4.69, 9.17) is 4.74 Å². The van der Waals surface area contributed by atoms with Gasteiger partial charge >= 0.3 is 0 Å². The van der Waals surface area contributed by atoms with Gasteiger partial charge in [0.1, 0.15) is 5.75 Å². The molecule has 0 aliphatic carbocycles. The number of hydrogen-bond donors (Lipinski definition) is 1. The molecule has 1 aliphatic rings. The summed E-state index contributed by atoms with van der Waals surface area (Å²) >= 11 is 0. The summed E-state index contributed by atoms with van der Waals surface area (Å²) < 4.78 is 5.40. The van der Waals surface area contributed by atoms with Crippen molar-refractivity contribution in [3.63, 3.8) is 0 Å². The normalized spacial score (nSPS) is 18.2. The molecule has 1 amide bonds. The first-order chi connectivity index (χ1) is 11.5. The van der Waals surface area contributed by atoms with Crippen molar-refractivity contribution in [2.24, 2.45) is 11.3 Å². The first-order valence-corrected chi connectivity index (χ1v) is 9.04. The van der Waals surface area contributed by atoms with Crippen molar-refractivity contribution in [2.75, 3.05) is 26.8 Å². The third-order valence-corrected chi connectivity index (χ3v) is 5.55. The van der Waals surface area contributed by atoms with Gasteiger partial charge in [0.25, 0.3) is 0 Å². The summed E-state index contributed by atoms with van der Waals surface area (Å²) in [5.41, 5.74) is 1.18. The highest BCUT2D eigenvalue weighted by molar-refractivity contribution is 5.76. The number of para-hydroxylation sites is 1. The van der Waals surface area contributed by atoms with Crippen LogP contribution in [0.5, 0.6) is 5.75 Å². The van der Waals surface area contributed by atoms with Crippen LogP contribution in [0.3, 0.4) is 0 Å². The van der Waals surface area contributed by atoms with Gasteiger partial charge in [-0.05, 0) is 48.6 Å². The molecule has 1 saturated heterocycles. The number of amides is 1. The number of benzene rings is 1. The summed E-state index contributed by atoms with van der Waals surface area (Å²) in [6.07, 6.45) is 4.21. The second kappa shape index (κ2) is 8.52. The molecule has 1 heterocycles. The Hall–Kier alpha value is -1.55. The van der Waals surface area contributed by atoms with E-state index in [1.807, 2.05) is 23.1 Å². The summed E-state index contributed by atoms with van der Waals surface area (Å²) in [6.45, 7) is 6.03. The molecule has 4 nitrogen and oxygen atoms in total. The maximum absolute atomic E-state index is 12.6. The topological polar surface area (TPSA) is 49.8 Å². The van der Waals surface area contributed by atoms with E-state index < -0.39 is 0 Å². The van der Waals surface area contributed by atoms with Crippen LogP contribution in [0.4, 0.5) is 0 Å².